The Morgan fingerprint density at radius 2 is 1.73 bits per heavy atom. The number of rotatable bonds is 4. The number of furan rings is 1. The van der Waals surface area contributed by atoms with Crippen molar-refractivity contribution in [2.45, 2.75) is 6.54 Å². The van der Waals surface area contributed by atoms with Crippen molar-refractivity contribution < 1.29 is 18.7 Å². The molecule has 2 aliphatic rings. The van der Waals surface area contributed by atoms with E-state index in [9.17, 15) is 4.79 Å². The summed E-state index contributed by atoms with van der Waals surface area (Å²) in [6, 6.07) is 17.0. The molecular weight excluding hydrogens is 404 g/mol. The summed E-state index contributed by atoms with van der Waals surface area (Å²) in [5.41, 5.74) is 1.96. The van der Waals surface area contributed by atoms with Gasteiger partial charge in [0.15, 0.2) is 17.3 Å². The summed E-state index contributed by atoms with van der Waals surface area (Å²) >= 11 is 6.23. The predicted octanol–water partition coefficient (Wildman–Crippen LogP) is 4.29. The molecule has 7 heteroatoms. The molecule has 0 radical (unpaired) electrons. The highest BCUT2D eigenvalue weighted by Gasteiger charge is 2.25. The molecule has 0 bridgehead atoms. The maximum atomic E-state index is 12.9. The summed E-state index contributed by atoms with van der Waals surface area (Å²) in [5, 5.41) is 0.600. The molecule has 0 atom stereocenters. The Kier molecular flexibility index (Phi) is 5.11. The third kappa shape index (κ3) is 3.76. The summed E-state index contributed by atoms with van der Waals surface area (Å²) in [5.74, 6) is 2.45. The van der Waals surface area contributed by atoms with E-state index in [1.165, 1.54) is 5.56 Å². The minimum atomic E-state index is -0.0870. The van der Waals surface area contributed by atoms with Gasteiger partial charge in [-0.05, 0) is 42.0 Å². The van der Waals surface area contributed by atoms with Gasteiger partial charge in [-0.3, -0.25) is 9.69 Å². The maximum absolute atomic E-state index is 12.9. The van der Waals surface area contributed by atoms with Gasteiger partial charge >= 0.3 is 0 Å². The van der Waals surface area contributed by atoms with Crippen molar-refractivity contribution in [3.63, 3.8) is 0 Å². The Bertz CT molecular complexity index is 1070. The number of benzene rings is 2. The van der Waals surface area contributed by atoms with Crippen molar-refractivity contribution in [2.24, 2.45) is 0 Å². The van der Waals surface area contributed by atoms with Crippen LogP contribution in [-0.2, 0) is 6.54 Å². The first-order chi connectivity index (χ1) is 14.7. The molecule has 2 aromatic carbocycles. The predicted molar refractivity (Wildman–Crippen MR) is 113 cm³/mol. The number of carbonyl (C=O) groups is 1. The normalized spacial score (nSPS) is 16.1. The van der Waals surface area contributed by atoms with E-state index in [-0.39, 0.29) is 12.7 Å². The molecule has 0 saturated carbocycles. The van der Waals surface area contributed by atoms with E-state index in [2.05, 4.69) is 11.0 Å². The second kappa shape index (κ2) is 8.05. The average molecular weight is 425 g/mol. The molecule has 0 spiro atoms. The summed E-state index contributed by atoms with van der Waals surface area (Å²) in [6.45, 7) is 4.02. The van der Waals surface area contributed by atoms with Crippen LogP contribution in [0.2, 0.25) is 5.02 Å². The summed E-state index contributed by atoms with van der Waals surface area (Å²) < 4.78 is 16.6. The number of hydrogen-bond acceptors (Lipinski definition) is 5. The van der Waals surface area contributed by atoms with Crippen LogP contribution >= 0.6 is 11.6 Å². The number of piperazine rings is 1. The van der Waals surface area contributed by atoms with Crippen LogP contribution in [0.4, 0.5) is 0 Å². The second-order valence-electron chi connectivity index (χ2n) is 7.40. The van der Waals surface area contributed by atoms with Gasteiger partial charge in [-0.2, -0.15) is 0 Å². The van der Waals surface area contributed by atoms with Gasteiger partial charge in [0.1, 0.15) is 5.76 Å². The molecule has 0 aliphatic carbocycles. The second-order valence-corrected chi connectivity index (χ2v) is 7.81. The van der Waals surface area contributed by atoms with E-state index in [1.807, 2.05) is 35.2 Å². The number of carbonyl (C=O) groups excluding carboxylic acids is 1. The Labute approximate surface area is 179 Å². The zero-order chi connectivity index (χ0) is 20.5. The van der Waals surface area contributed by atoms with Crippen LogP contribution in [0.3, 0.4) is 0 Å². The van der Waals surface area contributed by atoms with Crippen molar-refractivity contribution in [2.75, 3.05) is 33.0 Å². The van der Waals surface area contributed by atoms with E-state index in [4.69, 9.17) is 25.5 Å². The van der Waals surface area contributed by atoms with Crippen LogP contribution in [0.5, 0.6) is 11.5 Å². The highest BCUT2D eigenvalue weighted by atomic mass is 35.5. The molecule has 1 saturated heterocycles. The third-order valence-corrected chi connectivity index (χ3v) is 5.79. The minimum absolute atomic E-state index is 0.0870. The van der Waals surface area contributed by atoms with Crippen LogP contribution < -0.4 is 9.47 Å². The minimum Gasteiger partial charge on any atom is -0.454 e. The van der Waals surface area contributed by atoms with Gasteiger partial charge < -0.3 is 18.8 Å². The first-order valence-electron chi connectivity index (χ1n) is 9.92. The lowest BCUT2D eigenvalue weighted by Gasteiger charge is -2.34. The van der Waals surface area contributed by atoms with Crippen LogP contribution in [0.1, 0.15) is 16.1 Å². The Morgan fingerprint density at radius 1 is 0.933 bits per heavy atom. The molecule has 30 heavy (non-hydrogen) atoms. The molecule has 3 aromatic rings. The number of fused-ring (bicyclic) bond motifs is 1. The van der Waals surface area contributed by atoms with Crippen molar-refractivity contribution in [3.05, 3.63) is 70.9 Å². The lowest BCUT2D eigenvalue weighted by molar-refractivity contribution is 0.0598. The maximum Gasteiger partial charge on any atom is 0.289 e. The van der Waals surface area contributed by atoms with Gasteiger partial charge in [0.05, 0.1) is 5.02 Å². The number of ether oxygens (including phenoxy) is 2. The SMILES string of the molecule is O=C(c1ccc(-c2ccccc2Cl)o1)N1CCN(Cc2ccc3c(c2)OCO3)CC1. The van der Waals surface area contributed by atoms with Gasteiger partial charge in [-0.15, -0.1) is 0 Å². The van der Waals surface area contributed by atoms with E-state index < -0.39 is 0 Å². The van der Waals surface area contributed by atoms with Crippen LogP contribution in [-0.4, -0.2) is 48.7 Å². The molecule has 3 heterocycles. The molecule has 2 aliphatic heterocycles. The molecule has 0 unspecified atom stereocenters. The van der Waals surface area contributed by atoms with Crippen LogP contribution in [0.25, 0.3) is 11.3 Å². The van der Waals surface area contributed by atoms with Crippen molar-refractivity contribution in [1.82, 2.24) is 9.80 Å². The Balaban J connectivity index is 1.20. The summed E-state index contributed by atoms with van der Waals surface area (Å²) in [7, 11) is 0. The van der Waals surface area contributed by atoms with E-state index in [0.29, 0.717) is 29.6 Å². The molecule has 154 valence electrons. The fourth-order valence-electron chi connectivity index (χ4n) is 3.82. The topological polar surface area (TPSA) is 55.2 Å². The third-order valence-electron chi connectivity index (χ3n) is 5.46. The van der Waals surface area contributed by atoms with Gasteiger partial charge in [0, 0.05) is 38.3 Å². The summed E-state index contributed by atoms with van der Waals surface area (Å²) in [6.07, 6.45) is 0. The van der Waals surface area contributed by atoms with Gasteiger partial charge in [-0.25, -0.2) is 0 Å². The van der Waals surface area contributed by atoms with E-state index >= 15 is 0 Å². The molecule has 0 N–H and O–H groups in total. The zero-order valence-electron chi connectivity index (χ0n) is 16.3. The lowest BCUT2D eigenvalue weighted by Crippen LogP contribution is -2.48. The monoisotopic (exact) mass is 424 g/mol. The molecule has 1 fully saturated rings. The van der Waals surface area contributed by atoms with Crippen LogP contribution in [0, 0.1) is 0 Å². The molecule has 6 nitrogen and oxygen atoms in total. The van der Waals surface area contributed by atoms with Crippen molar-refractivity contribution in [1.29, 1.82) is 0 Å². The largest absolute Gasteiger partial charge is 0.454 e. The first kappa shape index (κ1) is 19.0. The zero-order valence-corrected chi connectivity index (χ0v) is 17.1. The van der Waals surface area contributed by atoms with Crippen LogP contribution in [0.15, 0.2) is 59.0 Å². The highest BCUT2D eigenvalue weighted by molar-refractivity contribution is 6.33. The number of halogens is 1. The first-order valence-corrected chi connectivity index (χ1v) is 10.3. The van der Waals surface area contributed by atoms with Gasteiger partial charge in [0.2, 0.25) is 6.79 Å². The van der Waals surface area contributed by atoms with E-state index in [1.54, 1.807) is 18.2 Å². The molecule has 5 rings (SSSR count). The molecule has 1 amide bonds. The number of nitrogens with zero attached hydrogens (tertiary/aromatic N) is 2. The fraction of sp³-hybridized carbons (Fsp3) is 0.261. The Hall–Kier alpha value is -2.96. The standard InChI is InChI=1S/C23H21ClN2O4/c24-18-4-2-1-3-17(18)19-7-8-21(30-19)23(27)26-11-9-25(10-12-26)14-16-5-6-20-22(13-16)29-15-28-20/h1-8,13H,9-12,14-15H2. The molecular formula is C23H21ClN2O4. The molecule has 1 aromatic heterocycles. The fourth-order valence-corrected chi connectivity index (χ4v) is 4.05. The van der Waals surface area contributed by atoms with Gasteiger partial charge in [0.25, 0.3) is 5.91 Å². The number of hydrogen-bond donors (Lipinski definition) is 0. The van der Waals surface area contributed by atoms with E-state index in [0.717, 1.165) is 36.7 Å². The summed E-state index contributed by atoms with van der Waals surface area (Å²) in [4.78, 5) is 17.0. The van der Waals surface area contributed by atoms with Crippen molar-refractivity contribution in [3.8, 4) is 22.8 Å². The van der Waals surface area contributed by atoms with Gasteiger partial charge in [-0.1, -0.05) is 29.8 Å². The Morgan fingerprint density at radius 3 is 2.57 bits per heavy atom. The van der Waals surface area contributed by atoms with Crippen molar-refractivity contribution >= 4 is 17.5 Å². The average Bonchev–Trinajstić information content (AvgIpc) is 3.43. The smallest absolute Gasteiger partial charge is 0.289 e. The number of amides is 1. The lowest BCUT2D eigenvalue weighted by atomic mass is 10.1. The highest BCUT2D eigenvalue weighted by Crippen LogP contribution is 2.33. The quantitative estimate of drug-likeness (QED) is 0.625.